The molecule has 1 amide bonds. The Morgan fingerprint density at radius 1 is 1.20 bits per heavy atom. The summed E-state index contributed by atoms with van der Waals surface area (Å²) in [6, 6.07) is 0.317. The van der Waals surface area contributed by atoms with Crippen molar-refractivity contribution in [2.75, 3.05) is 26.7 Å². The van der Waals surface area contributed by atoms with Gasteiger partial charge in [-0.2, -0.15) is 0 Å². The smallest absolute Gasteiger partial charge is 0.225 e. The Morgan fingerprint density at radius 3 is 2.56 bits per heavy atom. The topological polar surface area (TPSA) is 56.7 Å². The minimum Gasteiger partial charge on any atom is -0.356 e. The molecule has 1 saturated carbocycles. The van der Waals surface area contributed by atoms with Crippen LogP contribution in [0.25, 0.3) is 0 Å². The summed E-state index contributed by atoms with van der Waals surface area (Å²) in [6.07, 6.45) is 10.7. The van der Waals surface area contributed by atoms with Crippen molar-refractivity contribution in [2.24, 2.45) is 16.8 Å². The molecule has 0 bridgehead atoms. The van der Waals surface area contributed by atoms with Gasteiger partial charge in [-0.1, -0.05) is 52.4 Å². The summed E-state index contributed by atoms with van der Waals surface area (Å²) < 4.78 is 0. The second kappa shape index (κ2) is 12.0. The van der Waals surface area contributed by atoms with Gasteiger partial charge in [0, 0.05) is 38.6 Å². The Labute approximate surface area is 170 Å². The molecule has 0 radical (unpaired) electrons. The first-order valence-corrected chi connectivity index (χ1v) is 9.86. The lowest BCUT2D eigenvalue weighted by molar-refractivity contribution is -0.133. The van der Waals surface area contributed by atoms with Crippen LogP contribution in [-0.2, 0) is 4.79 Å². The zero-order valence-corrected chi connectivity index (χ0v) is 18.6. The minimum atomic E-state index is 0. The maximum absolute atomic E-state index is 12.1. The van der Waals surface area contributed by atoms with Crippen molar-refractivity contribution in [3.05, 3.63) is 0 Å². The van der Waals surface area contributed by atoms with E-state index in [4.69, 9.17) is 0 Å². The zero-order chi connectivity index (χ0) is 17.4. The van der Waals surface area contributed by atoms with Crippen LogP contribution in [0, 0.1) is 11.8 Å². The van der Waals surface area contributed by atoms with Gasteiger partial charge in [0.25, 0.3) is 0 Å². The predicted octanol–water partition coefficient (Wildman–Crippen LogP) is 3.39. The molecule has 5 nitrogen and oxygen atoms in total. The Morgan fingerprint density at radius 2 is 1.92 bits per heavy atom. The highest BCUT2D eigenvalue weighted by atomic mass is 127. The third kappa shape index (κ3) is 7.71. The van der Waals surface area contributed by atoms with Crippen LogP contribution in [0.4, 0.5) is 0 Å². The molecule has 1 aliphatic carbocycles. The van der Waals surface area contributed by atoms with Crippen molar-refractivity contribution in [1.29, 1.82) is 0 Å². The van der Waals surface area contributed by atoms with Gasteiger partial charge in [0.15, 0.2) is 5.96 Å². The lowest BCUT2D eigenvalue weighted by atomic mass is 10.0. The third-order valence-corrected chi connectivity index (χ3v) is 5.36. The highest BCUT2D eigenvalue weighted by molar-refractivity contribution is 14.0. The molecule has 2 N–H and O–H groups in total. The molecule has 0 aromatic rings. The van der Waals surface area contributed by atoms with Gasteiger partial charge in [0.1, 0.15) is 0 Å². The van der Waals surface area contributed by atoms with Crippen molar-refractivity contribution in [2.45, 2.75) is 71.3 Å². The number of hydrogen-bond donors (Lipinski definition) is 2. The third-order valence-electron chi connectivity index (χ3n) is 5.36. The van der Waals surface area contributed by atoms with E-state index in [1.807, 2.05) is 25.8 Å². The summed E-state index contributed by atoms with van der Waals surface area (Å²) in [5.41, 5.74) is 0. The van der Waals surface area contributed by atoms with Gasteiger partial charge in [-0.25, -0.2) is 0 Å². The molecular weight excluding hydrogens is 427 g/mol. The predicted molar refractivity (Wildman–Crippen MR) is 116 cm³/mol. The number of rotatable bonds is 7. The number of hydrogen-bond acceptors (Lipinski definition) is 2. The number of nitrogens with one attached hydrogen (secondary N) is 2. The molecule has 6 heteroatoms. The zero-order valence-electron chi connectivity index (χ0n) is 16.2. The van der Waals surface area contributed by atoms with E-state index in [-0.39, 0.29) is 35.8 Å². The van der Waals surface area contributed by atoms with Gasteiger partial charge in [-0.05, 0) is 18.8 Å². The number of aliphatic imine (C=N–C) groups is 1. The van der Waals surface area contributed by atoms with Crippen LogP contribution in [0.3, 0.4) is 0 Å². The van der Waals surface area contributed by atoms with E-state index >= 15 is 0 Å². The summed E-state index contributed by atoms with van der Waals surface area (Å²) in [5, 5.41) is 6.89. The number of guanidine groups is 1. The van der Waals surface area contributed by atoms with E-state index in [2.05, 4.69) is 15.6 Å². The van der Waals surface area contributed by atoms with E-state index in [0.717, 1.165) is 37.9 Å². The van der Waals surface area contributed by atoms with Crippen molar-refractivity contribution < 1.29 is 4.79 Å². The largest absolute Gasteiger partial charge is 0.356 e. The number of carbonyl (C=O) groups excluding carboxylic acids is 1. The summed E-state index contributed by atoms with van der Waals surface area (Å²) >= 11 is 0. The normalized spacial score (nSPS) is 21.5. The van der Waals surface area contributed by atoms with Crippen molar-refractivity contribution >= 4 is 35.8 Å². The number of amides is 1. The van der Waals surface area contributed by atoms with E-state index < -0.39 is 0 Å². The van der Waals surface area contributed by atoms with E-state index in [1.165, 1.54) is 44.9 Å². The highest BCUT2D eigenvalue weighted by Crippen LogP contribution is 2.28. The van der Waals surface area contributed by atoms with Crippen molar-refractivity contribution in [3.8, 4) is 0 Å². The maximum Gasteiger partial charge on any atom is 0.225 e. The van der Waals surface area contributed by atoms with Crippen LogP contribution in [0.2, 0.25) is 0 Å². The molecule has 0 aromatic heterocycles. The summed E-state index contributed by atoms with van der Waals surface area (Å²) in [6.45, 7) is 6.56. The van der Waals surface area contributed by atoms with E-state index in [9.17, 15) is 4.79 Å². The van der Waals surface area contributed by atoms with Crippen molar-refractivity contribution in [1.82, 2.24) is 15.5 Å². The average molecular weight is 464 g/mol. The second-order valence-corrected chi connectivity index (χ2v) is 7.71. The first kappa shape index (κ1) is 22.5. The molecule has 0 aromatic carbocycles. The summed E-state index contributed by atoms with van der Waals surface area (Å²) in [7, 11) is 1.82. The molecule has 146 valence electrons. The molecule has 25 heavy (non-hydrogen) atoms. The van der Waals surface area contributed by atoms with Gasteiger partial charge in [-0.15, -0.1) is 24.0 Å². The van der Waals surface area contributed by atoms with Gasteiger partial charge < -0.3 is 15.5 Å². The van der Waals surface area contributed by atoms with Gasteiger partial charge in [-0.3, -0.25) is 9.79 Å². The molecule has 1 atom stereocenters. The van der Waals surface area contributed by atoms with Crippen LogP contribution in [0.5, 0.6) is 0 Å². The fraction of sp³-hybridized carbons (Fsp3) is 0.895. The van der Waals surface area contributed by atoms with Crippen LogP contribution >= 0.6 is 24.0 Å². The molecule has 1 saturated heterocycles. The lowest BCUT2D eigenvalue weighted by Crippen LogP contribution is -2.45. The molecule has 2 rings (SSSR count). The van der Waals surface area contributed by atoms with E-state index in [0.29, 0.717) is 6.04 Å². The van der Waals surface area contributed by atoms with Crippen LogP contribution < -0.4 is 10.6 Å². The summed E-state index contributed by atoms with van der Waals surface area (Å²) in [4.78, 5) is 18.3. The van der Waals surface area contributed by atoms with Crippen LogP contribution in [0.15, 0.2) is 4.99 Å². The van der Waals surface area contributed by atoms with Crippen molar-refractivity contribution in [3.63, 3.8) is 0 Å². The lowest BCUT2D eigenvalue weighted by Gasteiger charge is -2.20. The Balaban J connectivity index is 0.00000312. The Bertz CT molecular complexity index is 422. The standard InChI is InChI=1S/C19H36N4O.HI/c1-15(2)18(24)23-13-11-17(14-23)22-19(20-3)21-12-7-6-10-16-8-4-5-9-16;/h15-17H,4-14H2,1-3H3,(H2,20,21,22);1H. The van der Waals surface area contributed by atoms with Gasteiger partial charge >= 0.3 is 0 Å². The van der Waals surface area contributed by atoms with E-state index in [1.54, 1.807) is 0 Å². The molecule has 2 aliphatic rings. The first-order chi connectivity index (χ1) is 11.6. The first-order valence-electron chi connectivity index (χ1n) is 9.86. The number of carbonyl (C=O) groups is 1. The molecule has 0 spiro atoms. The Hall–Kier alpha value is -0.530. The average Bonchev–Trinajstić information content (AvgIpc) is 3.24. The number of likely N-dealkylation sites (tertiary alicyclic amines) is 1. The van der Waals surface area contributed by atoms with Gasteiger partial charge in [0.05, 0.1) is 0 Å². The highest BCUT2D eigenvalue weighted by Gasteiger charge is 2.27. The fourth-order valence-electron chi connectivity index (χ4n) is 3.90. The van der Waals surface area contributed by atoms with Crippen LogP contribution in [0.1, 0.15) is 65.2 Å². The minimum absolute atomic E-state index is 0. The number of unbranched alkanes of at least 4 members (excludes halogenated alkanes) is 1. The molecule has 1 unspecified atom stereocenters. The number of halogens is 1. The molecule has 1 aliphatic heterocycles. The van der Waals surface area contributed by atoms with Gasteiger partial charge in [0.2, 0.25) is 5.91 Å². The number of nitrogens with zero attached hydrogens (tertiary/aromatic N) is 2. The fourth-order valence-corrected chi connectivity index (χ4v) is 3.90. The maximum atomic E-state index is 12.1. The molecular formula is C19H37IN4O. The second-order valence-electron chi connectivity index (χ2n) is 7.71. The summed E-state index contributed by atoms with van der Waals surface area (Å²) in [5.74, 6) is 2.21. The molecule has 2 fully saturated rings. The monoisotopic (exact) mass is 464 g/mol. The SMILES string of the molecule is CN=C(NCCCCC1CCCC1)NC1CCN(C(=O)C(C)C)C1.I. The molecule has 1 heterocycles. The Kier molecular flexibility index (Phi) is 10.8. The quantitative estimate of drug-likeness (QED) is 0.263. The van der Waals surface area contributed by atoms with Crippen LogP contribution in [-0.4, -0.2) is 49.5 Å².